The largest absolute Gasteiger partial charge is 0.387 e. The number of aliphatic hydroxyl groups excluding tert-OH is 1. The maximum absolute atomic E-state index is 10.2. The average molecular weight is 305 g/mol. The average Bonchev–Trinajstić information content (AvgIpc) is 2.49. The van der Waals surface area contributed by atoms with Crippen LogP contribution in [0, 0.1) is 6.92 Å². The predicted octanol–water partition coefficient (Wildman–Crippen LogP) is 3.25. The number of rotatable bonds is 6. The van der Waals surface area contributed by atoms with Crippen molar-refractivity contribution in [2.24, 2.45) is 0 Å². The molecule has 2 rings (SSSR count). The minimum absolute atomic E-state index is 0.509. The third-order valence-corrected chi connectivity index (χ3v) is 3.98. The van der Waals surface area contributed by atoms with Crippen LogP contribution in [0.1, 0.15) is 22.8 Å². The van der Waals surface area contributed by atoms with E-state index in [4.69, 9.17) is 11.6 Å². The number of pyridine rings is 1. The predicted molar refractivity (Wildman–Crippen MR) is 86.6 cm³/mol. The fourth-order valence-corrected chi connectivity index (χ4v) is 2.38. The van der Waals surface area contributed by atoms with Crippen molar-refractivity contribution in [1.29, 1.82) is 0 Å². The molecule has 0 aliphatic carbocycles. The zero-order valence-electron chi connectivity index (χ0n) is 12.5. The van der Waals surface area contributed by atoms with Gasteiger partial charge in [0.15, 0.2) is 0 Å². The molecule has 0 bridgehead atoms. The van der Waals surface area contributed by atoms with Gasteiger partial charge in [-0.2, -0.15) is 0 Å². The highest BCUT2D eigenvalue weighted by atomic mass is 35.5. The first-order valence-corrected chi connectivity index (χ1v) is 7.45. The van der Waals surface area contributed by atoms with Crippen molar-refractivity contribution in [3.8, 4) is 0 Å². The molecule has 1 atom stereocenters. The molecule has 4 heteroatoms. The second-order valence-corrected chi connectivity index (χ2v) is 5.81. The summed E-state index contributed by atoms with van der Waals surface area (Å²) in [6, 6.07) is 9.90. The summed E-state index contributed by atoms with van der Waals surface area (Å²) >= 11 is 6.13. The van der Waals surface area contributed by atoms with Gasteiger partial charge in [0.1, 0.15) is 0 Å². The van der Waals surface area contributed by atoms with Crippen LogP contribution in [-0.2, 0) is 6.42 Å². The minimum atomic E-state index is -0.509. The summed E-state index contributed by atoms with van der Waals surface area (Å²) in [5.41, 5.74) is 3.16. The number of halogens is 1. The van der Waals surface area contributed by atoms with Crippen LogP contribution >= 0.6 is 11.6 Å². The molecule has 1 heterocycles. The van der Waals surface area contributed by atoms with Crippen LogP contribution in [0.2, 0.25) is 5.02 Å². The van der Waals surface area contributed by atoms with Gasteiger partial charge in [0.05, 0.1) is 6.10 Å². The molecule has 0 radical (unpaired) electrons. The van der Waals surface area contributed by atoms with Gasteiger partial charge in [-0.1, -0.05) is 29.8 Å². The van der Waals surface area contributed by atoms with Crippen molar-refractivity contribution < 1.29 is 5.11 Å². The summed E-state index contributed by atoms with van der Waals surface area (Å²) < 4.78 is 0. The molecule has 0 saturated heterocycles. The zero-order valence-corrected chi connectivity index (χ0v) is 13.2. The molecule has 112 valence electrons. The molecule has 1 N–H and O–H groups in total. The summed E-state index contributed by atoms with van der Waals surface area (Å²) in [7, 11) is 2.01. The molecule has 0 saturated carbocycles. The lowest BCUT2D eigenvalue weighted by molar-refractivity contribution is 0.127. The summed E-state index contributed by atoms with van der Waals surface area (Å²) in [5, 5.41) is 11.0. The van der Waals surface area contributed by atoms with E-state index in [1.165, 1.54) is 5.56 Å². The van der Waals surface area contributed by atoms with Crippen molar-refractivity contribution in [3.63, 3.8) is 0 Å². The van der Waals surface area contributed by atoms with Crippen LogP contribution < -0.4 is 0 Å². The Labute approximate surface area is 131 Å². The Hall–Kier alpha value is -1.42. The lowest BCUT2D eigenvalue weighted by atomic mass is 10.1. The Morgan fingerprint density at radius 1 is 1.33 bits per heavy atom. The number of nitrogens with zero attached hydrogens (tertiary/aromatic N) is 2. The summed E-state index contributed by atoms with van der Waals surface area (Å²) in [5.74, 6) is 0. The van der Waals surface area contributed by atoms with Gasteiger partial charge in [-0.05, 0) is 43.7 Å². The molecule has 0 amide bonds. The Morgan fingerprint density at radius 2 is 2.14 bits per heavy atom. The minimum Gasteiger partial charge on any atom is -0.387 e. The fraction of sp³-hybridized carbons (Fsp3) is 0.353. The van der Waals surface area contributed by atoms with Crippen LogP contribution in [0.25, 0.3) is 0 Å². The van der Waals surface area contributed by atoms with E-state index in [-0.39, 0.29) is 0 Å². The van der Waals surface area contributed by atoms with Crippen molar-refractivity contribution in [2.45, 2.75) is 19.4 Å². The number of likely N-dealkylation sites (N-methyl/N-ethyl adjacent to an activating group) is 1. The van der Waals surface area contributed by atoms with E-state index in [2.05, 4.69) is 16.0 Å². The number of hydrogen-bond acceptors (Lipinski definition) is 3. The topological polar surface area (TPSA) is 36.4 Å². The maximum atomic E-state index is 10.2. The summed E-state index contributed by atoms with van der Waals surface area (Å²) in [6.45, 7) is 3.46. The highest BCUT2D eigenvalue weighted by Crippen LogP contribution is 2.17. The molecule has 1 aromatic carbocycles. The molecule has 0 aliphatic heterocycles. The molecule has 0 spiro atoms. The van der Waals surface area contributed by atoms with Crippen molar-refractivity contribution in [3.05, 3.63) is 64.4 Å². The molecule has 21 heavy (non-hydrogen) atoms. The summed E-state index contributed by atoms with van der Waals surface area (Å²) in [4.78, 5) is 6.15. The van der Waals surface area contributed by atoms with E-state index in [9.17, 15) is 5.11 Å². The Bertz CT molecular complexity index is 574. The molecule has 0 fully saturated rings. The highest BCUT2D eigenvalue weighted by Gasteiger charge is 2.10. The quantitative estimate of drug-likeness (QED) is 0.890. The van der Waals surface area contributed by atoms with Gasteiger partial charge in [-0.25, -0.2) is 0 Å². The molecule has 1 unspecified atom stereocenters. The van der Waals surface area contributed by atoms with Gasteiger partial charge in [0, 0.05) is 36.1 Å². The Morgan fingerprint density at radius 3 is 2.81 bits per heavy atom. The lowest BCUT2D eigenvalue weighted by Gasteiger charge is -2.20. The monoisotopic (exact) mass is 304 g/mol. The number of aromatic nitrogens is 1. The Balaban J connectivity index is 1.84. The van der Waals surface area contributed by atoms with Crippen LogP contribution in [0.3, 0.4) is 0 Å². The van der Waals surface area contributed by atoms with Gasteiger partial charge in [-0.3, -0.25) is 4.98 Å². The fourth-order valence-electron chi connectivity index (χ4n) is 2.18. The molecule has 0 aliphatic rings. The number of hydrogen-bond donors (Lipinski definition) is 1. The third kappa shape index (κ3) is 4.81. The lowest BCUT2D eigenvalue weighted by Crippen LogP contribution is -2.26. The van der Waals surface area contributed by atoms with E-state index in [1.54, 1.807) is 12.4 Å². The van der Waals surface area contributed by atoms with Gasteiger partial charge < -0.3 is 10.0 Å². The van der Waals surface area contributed by atoms with Gasteiger partial charge in [0.2, 0.25) is 0 Å². The highest BCUT2D eigenvalue weighted by molar-refractivity contribution is 6.31. The zero-order chi connectivity index (χ0) is 15.2. The van der Waals surface area contributed by atoms with Gasteiger partial charge >= 0.3 is 0 Å². The van der Waals surface area contributed by atoms with Crippen molar-refractivity contribution in [2.75, 3.05) is 20.1 Å². The van der Waals surface area contributed by atoms with E-state index >= 15 is 0 Å². The van der Waals surface area contributed by atoms with Gasteiger partial charge in [0.25, 0.3) is 0 Å². The first kappa shape index (κ1) is 16.0. The number of aryl methyl sites for hydroxylation is 1. The van der Waals surface area contributed by atoms with E-state index in [1.807, 2.05) is 38.2 Å². The number of benzene rings is 1. The van der Waals surface area contributed by atoms with Crippen molar-refractivity contribution in [1.82, 2.24) is 9.88 Å². The molecular weight excluding hydrogens is 284 g/mol. The van der Waals surface area contributed by atoms with E-state index in [0.29, 0.717) is 6.54 Å². The third-order valence-electron chi connectivity index (χ3n) is 3.57. The SMILES string of the molecule is Cc1ccc(CCN(C)CC(O)c2cccnc2)cc1Cl. The standard InChI is InChI=1S/C17H21ClN2O/c1-13-5-6-14(10-16(13)18)7-9-20(2)12-17(21)15-4-3-8-19-11-15/h3-6,8,10-11,17,21H,7,9,12H2,1-2H3. The first-order valence-electron chi connectivity index (χ1n) is 7.08. The van der Waals surface area contributed by atoms with Crippen LogP contribution in [0.5, 0.6) is 0 Å². The second kappa shape index (κ2) is 7.55. The maximum Gasteiger partial charge on any atom is 0.0931 e. The van der Waals surface area contributed by atoms with E-state index < -0.39 is 6.10 Å². The molecule has 3 nitrogen and oxygen atoms in total. The smallest absolute Gasteiger partial charge is 0.0931 e. The van der Waals surface area contributed by atoms with Crippen molar-refractivity contribution >= 4 is 11.6 Å². The van der Waals surface area contributed by atoms with Gasteiger partial charge in [-0.15, -0.1) is 0 Å². The molecule has 1 aromatic heterocycles. The summed E-state index contributed by atoms with van der Waals surface area (Å²) in [6.07, 6.45) is 3.82. The van der Waals surface area contributed by atoms with Crippen LogP contribution in [0.15, 0.2) is 42.7 Å². The molecule has 2 aromatic rings. The first-order chi connectivity index (χ1) is 10.1. The van der Waals surface area contributed by atoms with Crippen LogP contribution in [-0.4, -0.2) is 35.1 Å². The Kier molecular flexibility index (Phi) is 5.74. The van der Waals surface area contributed by atoms with E-state index in [0.717, 1.165) is 29.1 Å². The molecular formula is C17H21ClN2O. The number of aliphatic hydroxyl groups is 1. The van der Waals surface area contributed by atoms with Crippen LogP contribution in [0.4, 0.5) is 0 Å². The normalized spacial score (nSPS) is 12.6. The second-order valence-electron chi connectivity index (χ2n) is 5.40.